The molecule has 1 aromatic rings. The van der Waals surface area contributed by atoms with E-state index < -0.39 is 0 Å². The van der Waals surface area contributed by atoms with Gasteiger partial charge < -0.3 is 15.1 Å². The van der Waals surface area contributed by atoms with Gasteiger partial charge in [-0.25, -0.2) is 4.98 Å². The van der Waals surface area contributed by atoms with E-state index in [4.69, 9.17) is 4.42 Å². The van der Waals surface area contributed by atoms with Crippen LogP contribution >= 0.6 is 0 Å². The van der Waals surface area contributed by atoms with Gasteiger partial charge in [0.1, 0.15) is 6.26 Å². The fraction of sp³-hybridized carbons (Fsp3) is 0.750. The molecule has 2 heterocycles. The third-order valence-electron chi connectivity index (χ3n) is 4.06. The minimum absolute atomic E-state index is 0.122. The van der Waals surface area contributed by atoms with Gasteiger partial charge in [-0.3, -0.25) is 4.79 Å². The number of hydrogen-bond acceptors (Lipinski definition) is 4. The Labute approximate surface area is 126 Å². The molecule has 118 valence electrons. The molecular formula is C16H27N3O2. The van der Waals surface area contributed by atoms with Crippen LogP contribution in [0.2, 0.25) is 0 Å². The molecule has 5 heteroatoms. The second-order valence-corrected chi connectivity index (χ2v) is 5.97. The summed E-state index contributed by atoms with van der Waals surface area (Å²) in [6.45, 7) is 6.20. The number of carbonyl (C=O) groups is 1. The Morgan fingerprint density at radius 2 is 2.24 bits per heavy atom. The number of nitrogens with zero attached hydrogens (tertiary/aromatic N) is 1. The maximum Gasteiger partial charge on any atom is 0.273 e. The van der Waals surface area contributed by atoms with E-state index in [1.807, 2.05) is 6.92 Å². The van der Waals surface area contributed by atoms with Crippen molar-refractivity contribution in [3.8, 4) is 0 Å². The molecule has 1 aromatic heterocycles. The van der Waals surface area contributed by atoms with Crippen LogP contribution < -0.4 is 10.6 Å². The normalized spacial score (nSPS) is 17.6. The van der Waals surface area contributed by atoms with Crippen LogP contribution in [0.4, 0.5) is 0 Å². The topological polar surface area (TPSA) is 67.2 Å². The highest BCUT2D eigenvalue weighted by Crippen LogP contribution is 2.24. The summed E-state index contributed by atoms with van der Waals surface area (Å²) in [6, 6.07) is 0.183. The second kappa shape index (κ2) is 8.17. The fourth-order valence-corrected chi connectivity index (χ4v) is 2.72. The molecule has 0 aliphatic carbocycles. The van der Waals surface area contributed by atoms with Crippen molar-refractivity contribution in [1.29, 1.82) is 0 Å². The second-order valence-electron chi connectivity index (χ2n) is 5.97. The largest absolute Gasteiger partial charge is 0.448 e. The molecule has 0 radical (unpaired) electrons. The Hall–Kier alpha value is -1.36. The van der Waals surface area contributed by atoms with Gasteiger partial charge in [-0.15, -0.1) is 0 Å². The van der Waals surface area contributed by atoms with Gasteiger partial charge in [-0.2, -0.15) is 0 Å². The molecule has 0 bridgehead atoms. The zero-order valence-electron chi connectivity index (χ0n) is 13.2. The summed E-state index contributed by atoms with van der Waals surface area (Å²) < 4.78 is 5.51. The number of amides is 1. The first kappa shape index (κ1) is 16.0. The molecule has 1 amide bonds. The van der Waals surface area contributed by atoms with Crippen molar-refractivity contribution < 1.29 is 9.21 Å². The van der Waals surface area contributed by atoms with E-state index in [1.54, 1.807) is 0 Å². The average molecular weight is 293 g/mol. The molecule has 0 spiro atoms. The van der Waals surface area contributed by atoms with Crippen LogP contribution in [0.5, 0.6) is 0 Å². The highest BCUT2D eigenvalue weighted by Gasteiger charge is 2.22. The fourth-order valence-electron chi connectivity index (χ4n) is 2.72. The van der Waals surface area contributed by atoms with Crippen LogP contribution in [0, 0.1) is 0 Å². The van der Waals surface area contributed by atoms with Gasteiger partial charge in [0.05, 0.1) is 0 Å². The molecule has 1 aliphatic heterocycles. The molecule has 5 nitrogen and oxygen atoms in total. The lowest BCUT2D eigenvalue weighted by Crippen LogP contribution is -2.32. The standard InChI is InChI=1S/C16H27N3O2/c1-3-4-5-6-12(2)18-15(20)14-11-21-16(19-14)13-7-9-17-10-8-13/h11-13,17H,3-10H2,1-2H3,(H,18,20). The minimum atomic E-state index is -0.122. The molecule has 2 N–H and O–H groups in total. The number of carbonyl (C=O) groups excluding carboxylic acids is 1. The zero-order valence-corrected chi connectivity index (χ0v) is 13.2. The highest BCUT2D eigenvalue weighted by molar-refractivity contribution is 5.92. The van der Waals surface area contributed by atoms with Crippen LogP contribution in [0.25, 0.3) is 0 Å². The van der Waals surface area contributed by atoms with Crippen LogP contribution in [-0.2, 0) is 0 Å². The first-order valence-corrected chi connectivity index (χ1v) is 8.17. The van der Waals surface area contributed by atoms with E-state index in [0.29, 0.717) is 17.5 Å². The van der Waals surface area contributed by atoms with Crippen molar-refractivity contribution in [2.24, 2.45) is 0 Å². The van der Waals surface area contributed by atoms with Gasteiger partial charge in [0.15, 0.2) is 11.6 Å². The first-order chi connectivity index (χ1) is 10.2. The van der Waals surface area contributed by atoms with Crippen molar-refractivity contribution in [2.45, 2.75) is 64.3 Å². The van der Waals surface area contributed by atoms with Gasteiger partial charge in [0.2, 0.25) is 0 Å². The summed E-state index contributed by atoms with van der Waals surface area (Å²) in [5, 5.41) is 6.31. The molecule has 0 saturated carbocycles. The van der Waals surface area contributed by atoms with Crippen LogP contribution in [0.15, 0.2) is 10.7 Å². The molecule has 1 atom stereocenters. The third-order valence-corrected chi connectivity index (χ3v) is 4.06. The Bertz CT molecular complexity index is 438. The third kappa shape index (κ3) is 4.84. The number of nitrogens with one attached hydrogen (secondary N) is 2. The summed E-state index contributed by atoms with van der Waals surface area (Å²) in [4.78, 5) is 16.5. The van der Waals surface area contributed by atoms with Crippen molar-refractivity contribution >= 4 is 5.91 Å². The number of aromatic nitrogens is 1. The zero-order chi connectivity index (χ0) is 15.1. The van der Waals surface area contributed by atoms with E-state index in [1.165, 1.54) is 19.1 Å². The Morgan fingerprint density at radius 1 is 1.48 bits per heavy atom. The maximum atomic E-state index is 12.1. The predicted molar refractivity (Wildman–Crippen MR) is 82.4 cm³/mol. The number of unbranched alkanes of at least 4 members (excludes halogenated alkanes) is 2. The Kier molecular flexibility index (Phi) is 6.23. The quantitative estimate of drug-likeness (QED) is 0.759. The molecule has 1 saturated heterocycles. The minimum Gasteiger partial charge on any atom is -0.448 e. The summed E-state index contributed by atoms with van der Waals surface area (Å²) >= 11 is 0. The van der Waals surface area contributed by atoms with Crippen LogP contribution in [0.1, 0.15) is 74.7 Å². The first-order valence-electron chi connectivity index (χ1n) is 8.17. The van der Waals surface area contributed by atoms with Gasteiger partial charge in [-0.1, -0.05) is 26.2 Å². The summed E-state index contributed by atoms with van der Waals surface area (Å²) in [5.74, 6) is 0.929. The lowest BCUT2D eigenvalue weighted by atomic mass is 9.98. The van der Waals surface area contributed by atoms with Crippen LogP contribution in [0.3, 0.4) is 0 Å². The maximum absolute atomic E-state index is 12.1. The Balaban J connectivity index is 1.83. The molecule has 0 aromatic carbocycles. The highest BCUT2D eigenvalue weighted by atomic mass is 16.3. The monoisotopic (exact) mass is 293 g/mol. The Morgan fingerprint density at radius 3 is 2.95 bits per heavy atom. The van der Waals surface area contributed by atoms with E-state index in [-0.39, 0.29) is 11.9 Å². The average Bonchev–Trinajstić information content (AvgIpc) is 2.98. The molecular weight excluding hydrogens is 266 g/mol. The number of piperidine rings is 1. The van der Waals surface area contributed by atoms with Crippen molar-refractivity contribution in [1.82, 2.24) is 15.6 Å². The molecule has 21 heavy (non-hydrogen) atoms. The van der Waals surface area contributed by atoms with E-state index >= 15 is 0 Å². The van der Waals surface area contributed by atoms with Gasteiger partial charge in [-0.05, 0) is 39.3 Å². The molecule has 1 fully saturated rings. The summed E-state index contributed by atoms with van der Waals surface area (Å²) in [7, 11) is 0. The van der Waals surface area contributed by atoms with E-state index in [2.05, 4.69) is 22.5 Å². The van der Waals surface area contributed by atoms with Crippen LogP contribution in [-0.4, -0.2) is 30.0 Å². The van der Waals surface area contributed by atoms with Crippen molar-refractivity contribution in [3.05, 3.63) is 17.8 Å². The van der Waals surface area contributed by atoms with Gasteiger partial charge in [0, 0.05) is 12.0 Å². The van der Waals surface area contributed by atoms with Crippen molar-refractivity contribution in [2.75, 3.05) is 13.1 Å². The molecule has 2 rings (SSSR count). The summed E-state index contributed by atoms with van der Waals surface area (Å²) in [6.07, 6.45) is 8.11. The molecule has 1 aliphatic rings. The number of hydrogen-bond donors (Lipinski definition) is 2. The number of oxazole rings is 1. The lowest BCUT2D eigenvalue weighted by Gasteiger charge is -2.19. The SMILES string of the molecule is CCCCCC(C)NC(=O)c1coc(C2CCNCC2)n1. The lowest BCUT2D eigenvalue weighted by molar-refractivity contribution is 0.0933. The molecule has 1 unspecified atom stereocenters. The van der Waals surface area contributed by atoms with Crippen molar-refractivity contribution in [3.63, 3.8) is 0 Å². The van der Waals surface area contributed by atoms with Gasteiger partial charge in [0.25, 0.3) is 5.91 Å². The predicted octanol–water partition coefficient (Wildman–Crippen LogP) is 2.84. The van der Waals surface area contributed by atoms with E-state index in [9.17, 15) is 4.79 Å². The van der Waals surface area contributed by atoms with E-state index in [0.717, 1.165) is 38.8 Å². The smallest absolute Gasteiger partial charge is 0.273 e. The summed E-state index contributed by atoms with van der Waals surface area (Å²) in [5.41, 5.74) is 0.408. The number of rotatable bonds is 7. The van der Waals surface area contributed by atoms with Gasteiger partial charge >= 0.3 is 0 Å².